The van der Waals surface area contributed by atoms with Crippen LogP contribution in [0.5, 0.6) is 0 Å². The molecule has 0 saturated carbocycles. The Bertz CT molecular complexity index is 1200. The summed E-state index contributed by atoms with van der Waals surface area (Å²) in [7, 11) is 0. The van der Waals surface area contributed by atoms with E-state index in [0.717, 1.165) is 16.9 Å². The summed E-state index contributed by atoms with van der Waals surface area (Å²) in [6.45, 7) is 3.84. The van der Waals surface area contributed by atoms with Crippen molar-refractivity contribution in [3.05, 3.63) is 100.0 Å². The predicted octanol–water partition coefficient (Wildman–Crippen LogP) is 5.75. The van der Waals surface area contributed by atoms with E-state index in [1.165, 1.54) is 24.3 Å². The number of benzene rings is 3. The van der Waals surface area contributed by atoms with Crippen LogP contribution in [-0.2, 0) is 16.0 Å². The van der Waals surface area contributed by atoms with Crippen LogP contribution in [-0.4, -0.2) is 11.8 Å². The van der Waals surface area contributed by atoms with Gasteiger partial charge in [0.25, 0.3) is 11.8 Å². The monoisotopic (exact) mass is 434 g/mol. The van der Waals surface area contributed by atoms with Crippen molar-refractivity contribution in [2.24, 2.45) is 0 Å². The molecule has 0 saturated heterocycles. The quantitative estimate of drug-likeness (QED) is 0.520. The maximum Gasteiger partial charge on any atom is 0.282 e. The summed E-state index contributed by atoms with van der Waals surface area (Å²) in [6.07, 6.45) is 0.894. The first-order valence-electron chi connectivity index (χ1n) is 9.90. The number of anilines is 2. The molecule has 4 nitrogen and oxygen atoms in total. The van der Waals surface area contributed by atoms with Gasteiger partial charge in [0, 0.05) is 10.7 Å². The van der Waals surface area contributed by atoms with Crippen molar-refractivity contribution in [1.29, 1.82) is 0 Å². The van der Waals surface area contributed by atoms with E-state index in [1.807, 2.05) is 24.3 Å². The summed E-state index contributed by atoms with van der Waals surface area (Å²) in [5.41, 5.74) is 3.79. The number of hydrogen-bond donors (Lipinski definition) is 1. The van der Waals surface area contributed by atoms with Gasteiger partial charge in [0.1, 0.15) is 11.5 Å². The molecule has 0 radical (unpaired) electrons. The van der Waals surface area contributed by atoms with Crippen molar-refractivity contribution in [3.63, 3.8) is 0 Å². The van der Waals surface area contributed by atoms with Crippen LogP contribution >= 0.6 is 11.6 Å². The number of aryl methyl sites for hydroxylation is 2. The zero-order valence-electron chi connectivity index (χ0n) is 17.1. The van der Waals surface area contributed by atoms with Gasteiger partial charge in [-0.3, -0.25) is 9.59 Å². The average Bonchev–Trinajstić information content (AvgIpc) is 2.99. The Hall–Kier alpha value is -3.44. The van der Waals surface area contributed by atoms with Crippen molar-refractivity contribution >= 4 is 40.4 Å². The Morgan fingerprint density at radius 1 is 0.935 bits per heavy atom. The highest BCUT2D eigenvalue weighted by Gasteiger charge is 2.40. The average molecular weight is 435 g/mol. The molecule has 0 aliphatic carbocycles. The van der Waals surface area contributed by atoms with Crippen LogP contribution in [0.3, 0.4) is 0 Å². The molecule has 1 aliphatic heterocycles. The molecule has 31 heavy (non-hydrogen) atoms. The molecule has 3 aromatic rings. The van der Waals surface area contributed by atoms with Gasteiger partial charge in [-0.05, 0) is 72.5 Å². The standard InChI is InChI=1S/C25H20ClFN2O2/c1-3-16-4-11-20(12-5-16)28-23-22(17-6-9-19(27)10-7-17)24(30)29(25(23)31)21-13-8-18(26)14-15(21)2/h4-14,28H,3H2,1-2H3. The first-order valence-corrected chi connectivity index (χ1v) is 10.3. The Morgan fingerprint density at radius 2 is 1.61 bits per heavy atom. The van der Waals surface area contributed by atoms with E-state index in [4.69, 9.17) is 11.6 Å². The minimum absolute atomic E-state index is 0.148. The van der Waals surface area contributed by atoms with Crippen molar-refractivity contribution in [3.8, 4) is 0 Å². The van der Waals surface area contributed by atoms with Gasteiger partial charge in [-0.1, -0.05) is 42.8 Å². The number of halogens is 2. The van der Waals surface area contributed by atoms with E-state index in [-0.39, 0.29) is 11.3 Å². The molecule has 0 fully saturated rings. The molecule has 0 aromatic heterocycles. The van der Waals surface area contributed by atoms with Gasteiger partial charge >= 0.3 is 0 Å². The van der Waals surface area contributed by atoms with Gasteiger partial charge in [-0.15, -0.1) is 0 Å². The highest BCUT2D eigenvalue weighted by molar-refractivity contribution is 6.46. The predicted molar refractivity (Wildman–Crippen MR) is 121 cm³/mol. The number of nitrogens with zero attached hydrogens (tertiary/aromatic N) is 1. The number of carbonyl (C=O) groups excluding carboxylic acids is 2. The van der Waals surface area contributed by atoms with Gasteiger partial charge < -0.3 is 5.32 Å². The third-order valence-corrected chi connectivity index (χ3v) is 5.48. The summed E-state index contributed by atoms with van der Waals surface area (Å²) < 4.78 is 13.5. The van der Waals surface area contributed by atoms with Gasteiger partial charge in [-0.25, -0.2) is 9.29 Å². The van der Waals surface area contributed by atoms with Crippen LogP contribution in [0.1, 0.15) is 23.6 Å². The van der Waals surface area contributed by atoms with E-state index in [9.17, 15) is 14.0 Å². The van der Waals surface area contributed by atoms with Crippen molar-refractivity contribution in [1.82, 2.24) is 0 Å². The molecule has 1 aliphatic rings. The number of rotatable bonds is 5. The normalized spacial score (nSPS) is 13.9. The highest BCUT2D eigenvalue weighted by atomic mass is 35.5. The molecule has 1 heterocycles. The van der Waals surface area contributed by atoms with Gasteiger partial charge in [0.15, 0.2) is 0 Å². The fraction of sp³-hybridized carbons (Fsp3) is 0.120. The van der Waals surface area contributed by atoms with Crippen molar-refractivity contribution in [2.75, 3.05) is 10.2 Å². The molecule has 2 amide bonds. The number of imide groups is 1. The summed E-state index contributed by atoms with van der Waals surface area (Å²) >= 11 is 6.05. The Kier molecular flexibility index (Phi) is 5.61. The molecule has 1 N–H and O–H groups in total. The molecular formula is C25H20ClFN2O2. The molecular weight excluding hydrogens is 415 g/mol. The van der Waals surface area contributed by atoms with E-state index < -0.39 is 17.6 Å². The lowest BCUT2D eigenvalue weighted by Crippen LogP contribution is -2.33. The van der Waals surface area contributed by atoms with Crippen molar-refractivity contribution < 1.29 is 14.0 Å². The van der Waals surface area contributed by atoms with Gasteiger partial charge in [-0.2, -0.15) is 0 Å². The molecule has 156 valence electrons. The molecule has 0 atom stereocenters. The third kappa shape index (κ3) is 3.97. The van der Waals surface area contributed by atoms with Crippen LogP contribution in [0, 0.1) is 12.7 Å². The van der Waals surface area contributed by atoms with Gasteiger partial charge in [0.2, 0.25) is 0 Å². The molecule has 0 spiro atoms. The molecule has 6 heteroatoms. The third-order valence-electron chi connectivity index (χ3n) is 5.25. The van der Waals surface area contributed by atoms with Crippen LogP contribution < -0.4 is 10.2 Å². The second-order valence-electron chi connectivity index (χ2n) is 7.31. The number of hydrogen-bond acceptors (Lipinski definition) is 3. The lowest BCUT2D eigenvalue weighted by molar-refractivity contribution is -0.120. The first-order chi connectivity index (χ1) is 14.9. The molecule has 0 bridgehead atoms. The fourth-order valence-corrected chi connectivity index (χ4v) is 3.81. The van der Waals surface area contributed by atoms with E-state index >= 15 is 0 Å². The lowest BCUT2D eigenvalue weighted by Gasteiger charge is -2.18. The summed E-state index contributed by atoms with van der Waals surface area (Å²) in [5, 5.41) is 3.63. The topological polar surface area (TPSA) is 49.4 Å². The van der Waals surface area contributed by atoms with Crippen LogP contribution in [0.2, 0.25) is 5.02 Å². The maximum atomic E-state index is 13.5. The fourth-order valence-electron chi connectivity index (χ4n) is 3.59. The molecule has 3 aromatic carbocycles. The summed E-state index contributed by atoms with van der Waals surface area (Å²) in [4.78, 5) is 28.0. The van der Waals surface area contributed by atoms with E-state index in [2.05, 4.69) is 12.2 Å². The SMILES string of the molecule is CCc1ccc(NC2=C(c3ccc(F)cc3)C(=O)N(c3ccc(Cl)cc3C)C2=O)cc1. The summed E-state index contributed by atoms with van der Waals surface area (Å²) in [6, 6.07) is 18.2. The molecule has 0 unspecified atom stereocenters. The minimum Gasteiger partial charge on any atom is -0.350 e. The Labute approximate surface area is 185 Å². The van der Waals surface area contributed by atoms with Crippen molar-refractivity contribution in [2.45, 2.75) is 20.3 Å². The Balaban J connectivity index is 1.81. The smallest absolute Gasteiger partial charge is 0.282 e. The maximum absolute atomic E-state index is 13.5. The minimum atomic E-state index is -0.477. The molecule has 4 rings (SSSR count). The second-order valence-corrected chi connectivity index (χ2v) is 7.75. The number of carbonyl (C=O) groups is 2. The zero-order valence-corrected chi connectivity index (χ0v) is 17.8. The number of amides is 2. The van der Waals surface area contributed by atoms with Crippen LogP contribution in [0.15, 0.2) is 72.4 Å². The van der Waals surface area contributed by atoms with Crippen LogP contribution in [0.25, 0.3) is 5.57 Å². The largest absolute Gasteiger partial charge is 0.350 e. The van der Waals surface area contributed by atoms with Crippen LogP contribution in [0.4, 0.5) is 15.8 Å². The number of nitrogens with one attached hydrogen (secondary N) is 1. The van der Waals surface area contributed by atoms with E-state index in [1.54, 1.807) is 25.1 Å². The highest BCUT2D eigenvalue weighted by Crippen LogP contribution is 2.35. The van der Waals surface area contributed by atoms with Gasteiger partial charge in [0.05, 0.1) is 11.3 Å². The van der Waals surface area contributed by atoms with E-state index in [0.29, 0.717) is 27.5 Å². The summed E-state index contributed by atoms with van der Waals surface area (Å²) in [5.74, 6) is -1.37. The zero-order chi connectivity index (χ0) is 22.1. The lowest BCUT2D eigenvalue weighted by atomic mass is 10.0. The Morgan fingerprint density at radius 3 is 2.23 bits per heavy atom. The second kappa shape index (κ2) is 8.36. The first kappa shape index (κ1) is 20.8.